The lowest BCUT2D eigenvalue weighted by molar-refractivity contribution is -0.386. The van der Waals surface area contributed by atoms with Crippen molar-refractivity contribution in [3.8, 4) is 0 Å². The second-order valence-electron chi connectivity index (χ2n) is 5.12. The maximum Gasteiger partial charge on any atom is 0.310 e. The molecule has 118 valence electrons. The van der Waals surface area contributed by atoms with Gasteiger partial charge in [0.05, 0.1) is 4.92 Å². The number of nitrogens with zero attached hydrogens (tertiary/aromatic N) is 2. The number of anilines is 1. The summed E-state index contributed by atoms with van der Waals surface area (Å²) in [5.41, 5.74) is -0.139. The summed E-state index contributed by atoms with van der Waals surface area (Å²) in [7, 11) is 0.324. The van der Waals surface area contributed by atoms with Crippen LogP contribution in [0.1, 0.15) is 12.8 Å². The molecule has 0 heterocycles. The Labute approximate surface area is 125 Å². The van der Waals surface area contributed by atoms with Gasteiger partial charge in [0.15, 0.2) is 9.84 Å². The Bertz CT molecular complexity index is 599. The summed E-state index contributed by atoms with van der Waals surface area (Å²) in [5.74, 6) is 0. The zero-order valence-corrected chi connectivity index (χ0v) is 13.3. The van der Waals surface area contributed by atoms with Crippen molar-refractivity contribution in [3.63, 3.8) is 0 Å². The number of unbranched alkanes of at least 4 members (excludes halogenated alkanes) is 1. The summed E-state index contributed by atoms with van der Waals surface area (Å²) >= 11 is 0. The van der Waals surface area contributed by atoms with E-state index in [4.69, 9.17) is 0 Å². The van der Waals surface area contributed by atoms with Crippen molar-refractivity contribution in [3.05, 3.63) is 28.3 Å². The maximum absolute atomic E-state index is 11.6. The Morgan fingerprint density at radius 2 is 1.95 bits per heavy atom. The van der Waals surface area contributed by atoms with Crippen molar-refractivity contribution in [2.45, 2.75) is 17.7 Å². The van der Waals surface area contributed by atoms with Gasteiger partial charge in [0.2, 0.25) is 0 Å². The highest BCUT2D eigenvalue weighted by atomic mass is 32.2. The average molecular weight is 315 g/mol. The molecular weight excluding hydrogens is 294 g/mol. The van der Waals surface area contributed by atoms with Gasteiger partial charge in [-0.25, -0.2) is 8.42 Å². The van der Waals surface area contributed by atoms with Gasteiger partial charge in [-0.05, 0) is 45.6 Å². The van der Waals surface area contributed by atoms with Crippen LogP contribution >= 0.6 is 0 Å². The molecule has 1 aromatic rings. The van der Waals surface area contributed by atoms with Crippen LogP contribution in [-0.2, 0) is 9.84 Å². The standard InChI is InChI=1S/C13H21N3O4S/c1-15(2)10-5-4-9-14-11-7-6-8-12(21(3,19)20)13(11)16(17)18/h6-8,14H,4-5,9-10H2,1-3H3. The van der Waals surface area contributed by atoms with Crippen LogP contribution in [0.25, 0.3) is 0 Å². The van der Waals surface area contributed by atoms with Crippen molar-refractivity contribution >= 4 is 21.2 Å². The molecule has 1 rings (SSSR count). The molecule has 8 heteroatoms. The van der Waals surface area contributed by atoms with Crippen molar-refractivity contribution in [1.82, 2.24) is 4.90 Å². The summed E-state index contributed by atoms with van der Waals surface area (Å²) in [5, 5.41) is 14.1. The number of hydrogen-bond donors (Lipinski definition) is 1. The normalized spacial score (nSPS) is 11.6. The highest BCUT2D eigenvalue weighted by Crippen LogP contribution is 2.31. The molecule has 0 saturated carbocycles. The molecule has 0 bridgehead atoms. The van der Waals surface area contributed by atoms with E-state index in [2.05, 4.69) is 10.2 Å². The number of nitro benzene ring substituents is 1. The molecule has 0 radical (unpaired) electrons. The fourth-order valence-corrected chi connectivity index (χ4v) is 2.79. The first-order valence-corrected chi connectivity index (χ1v) is 8.48. The molecule has 0 fully saturated rings. The number of benzene rings is 1. The van der Waals surface area contributed by atoms with Crippen LogP contribution in [0.3, 0.4) is 0 Å². The lowest BCUT2D eigenvalue weighted by Gasteiger charge is -2.11. The monoisotopic (exact) mass is 315 g/mol. The predicted molar refractivity (Wildman–Crippen MR) is 82.5 cm³/mol. The Hall–Kier alpha value is -1.67. The molecule has 0 aliphatic heterocycles. The molecule has 0 aliphatic carbocycles. The van der Waals surface area contributed by atoms with E-state index in [1.165, 1.54) is 18.2 Å². The third kappa shape index (κ3) is 5.31. The number of para-hydroxylation sites is 1. The quantitative estimate of drug-likeness (QED) is 0.446. The van der Waals surface area contributed by atoms with E-state index >= 15 is 0 Å². The molecule has 7 nitrogen and oxygen atoms in total. The van der Waals surface area contributed by atoms with Gasteiger partial charge in [-0.2, -0.15) is 0 Å². The molecule has 21 heavy (non-hydrogen) atoms. The highest BCUT2D eigenvalue weighted by molar-refractivity contribution is 7.90. The average Bonchev–Trinajstić information content (AvgIpc) is 2.36. The topological polar surface area (TPSA) is 92.6 Å². The summed E-state index contributed by atoms with van der Waals surface area (Å²) in [6.07, 6.45) is 2.77. The van der Waals surface area contributed by atoms with E-state index in [1.54, 1.807) is 0 Å². The van der Waals surface area contributed by atoms with Crippen LogP contribution in [0.4, 0.5) is 11.4 Å². The van der Waals surface area contributed by atoms with Crippen LogP contribution in [0.15, 0.2) is 23.1 Å². The van der Waals surface area contributed by atoms with Crippen molar-refractivity contribution in [2.75, 3.05) is 38.8 Å². The molecule has 0 spiro atoms. The van der Waals surface area contributed by atoms with Gasteiger partial charge in [0.25, 0.3) is 0 Å². The van der Waals surface area contributed by atoms with Crippen molar-refractivity contribution < 1.29 is 13.3 Å². The minimum atomic E-state index is -3.64. The summed E-state index contributed by atoms with van der Waals surface area (Å²) in [6.45, 7) is 1.50. The summed E-state index contributed by atoms with van der Waals surface area (Å²) in [6, 6.07) is 4.29. The van der Waals surface area contributed by atoms with E-state index in [0.29, 0.717) is 6.54 Å². The van der Waals surface area contributed by atoms with Gasteiger partial charge < -0.3 is 10.2 Å². The lowest BCUT2D eigenvalue weighted by atomic mass is 10.2. The third-order valence-corrected chi connectivity index (χ3v) is 4.06. The second kappa shape index (κ2) is 7.37. The fourth-order valence-electron chi connectivity index (χ4n) is 1.93. The first kappa shape index (κ1) is 17.4. The molecule has 0 amide bonds. The van der Waals surface area contributed by atoms with Crippen molar-refractivity contribution in [2.24, 2.45) is 0 Å². The van der Waals surface area contributed by atoms with Crippen LogP contribution in [0.5, 0.6) is 0 Å². The molecule has 1 N–H and O–H groups in total. The summed E-state index contributed by atoms with van der Waals surface area (Å²) < 4.78 is 23.2. The molecule has 0 saturated heterocycles. The number of nitrogens with one attached hydrogen (secondary N) is 1. The summed E-state index contributed by atoms with van der Waals surface area (Å²) in [4.78, 5) is 12.3. The Balaban J connectivity index is 2.86. The van der Waals surface area contributed by atoms with E-state index < -0.39 is 14.8 Å². The smallest absolute Gasteiger partial charge is 0.310 e. The zero-order valence-electron chi connectivity index (χ0n) is 12.5. The molecule has 0 aromatic heterocycles. The van der Waals surface area contributed by atoms with E-state index in [-0.39, 0.29) is 16.3 Å². The number of rotatable bonds is 8. The van der Waals surface area contributed by atoms with Gasteiger partial charge in [0.1, 0.15) is 10.6 Å². The van der Waals surface area contributed by atoms with E-state index in [0.717, 1.165) is 25.6 Å². The van der Waals surface area contributed by atoms with Gasteiger partial charge in [-0.15, -0.1) is 0 Å². The highest BCUT2D eigenvalue weighted by Gasteiger charge is 2.25. The predicted octanol–water partition coefficient (Wildman–Crippen LogP) is 1.75. The van der Waals surface area contributed by atoms with Crippen LogP contribution in [-0.4, -0.2) is 51.7 Å². The van der Waals surface area contributed by atoms with Crippen LogP contribution < -0.4 is 5.32 Å². The first-order chi connectivity index (χ1) is 9.73. The lowest BCUT2D eigenvalue weighted by Crippen LogP contribution is -2.14. The molecular formula is C13H21N3O4S. The SMILES string of the molecule is CN(C)CCCCNc1cccc(S(C)(=O)=O)c1[N+](=O)[O-]. The van der Waals surface area contributed by atoms with Crippen LogP contribution in [0, 0.1) is 10.1 Å². The molecule has 0 aliphatic rings. The molecule has 0 unspecified atom stereocenters. The Morgan fingerprint density at radius 1 is 1.29 bits per heavy atom. The largest absolute Gasteiger partial charge is 0.379 e. The minimum absolute atomic E-state index is 0.243. The number of sulfone groups is 1. The number of nitro groups is 1. The first-order valence-electron chi connectivity index (χ1n) is 6.59. The van der Waals surface area contributed by atoms with Crippen LogP contribution in [0.2, 0.25) is 0 Å². The van der Waals surface area contributed by atoms with Gasteiger partial charge in [-0.1, -0.05) is 6.07 Å². The maximum atomic E-state index is 11.6. The van der Waals surface area contributed by atoms with E-state index in [1.807, 2.05) is 14.1 Å². The zero-order chi connectivity index (χ0) is 16.0. The molecule has 1 aromatic carbocycles. The van der Waals surface area contributed by atoms with Gasteiger partial charge in [0, 0.05) is 12.8 Å². The Morgan fingerprint density at radius 3 is 2.48 bits per heavy atom. The third-order valence-electron chi connectivity index (χ3n) is 2.93. The fraction of sp³-hybridized carbons (Fsp3) is 0.538. The van der Waals surface area contributed by atoms with Gasteiger partial charge in [-0.3, -0.25) is 10.1 Å². The number of hydrogen-bond acceptors (Lipinski definition) is 6. The van der Waals surface area contributed by atoms with E-state index in [9.17, 15) is 18.5 Å². The Kier molecular flexibility index (Phi) is 6.10. The van der Waals surface area contributed by atoms with Gasteiger partial charge >= 0.3 is 5.69 Å². The van der Waals surface area contributed by atoms with Crippen molar-refractivity contribution in [1.29, 1.82) is 0 Å². The molecule has 0 atom stereocenters. The minimum Gasteiger partial charge on any atom is -0.379 e. The second-order valence-corrected chi connectivity index (χ2v) is 7.10.